The summed E-state index contributed by atoms with van der Waals surface area (Å²) in [4.78, 5) is 2.50. The Morgan fingerprint density at radius 2 is 2.35 bits per heavy atom. The van der Waals surface area contributed by atoms with Gasteiger partial charge in [-0.2, -0.15) is 5.10 Å². The van der Waals surface area contributed by atoms with Gasteiger partial charge in [-0.25, -0.2) is 0 Å². The highest BCUT2D eigenvalue weighted by Gasteiger charge is 2.26. The summed E-state index contributed by atoms with van der Waals surface area (Å²) in [5.41, 5.74) is 6.48. The Morgan fingerprint density at radius 3 is 3.06 bits per heavy atom. The zero-order valence-electron chi connectivity index (χ0n) is 9.96. The fourth-order valence-electron chi connectivity index (χ4n) is 1.93. The first kappa shape index (κ1) is 12.2. The zero-order chi connectivity index (χ0) is 12.4. The molecule has 0 radical (unpaired) electrons. The van der Waals surface area contributed by atoms with Crippen LogP contribution in [-0.4, -0.2) is 40.5 Å². The molecule has 2 N–H and O–H groups in total. The molecule has 5 nitrogen and oxygen atoms in total. The quantitative estimate of drug-likeness (QED) is 0.783. The summed E-state index contributed by atoms with van der Waals surface area (Å²) < 4.78 is 5.59. The van der Waals surface area contributed by atoms with E-state index in [2.05, 4.69) is 22.0 Å². The van der Waals surface area contributed by atoms with E-state index in [9.17, 15) is 0 Å². The van der Waals surface area contributed by atoms with Gasteiger partial charge >= 0.3 is 0 Å². The van der Waals surface area contributed by atoms with E-state index >= 15 is 0 Å². The number of thiocarbonyl (C=S) groups is 1. The molecule has 2 heterocycles. The average molecular weight is 252 g/mol. The van der Waals surface area contributed by atoms with Crippen LogP contribution in [-0.2, 0) is 4.74 Å². The summed E-state index contributed by atoms with van der Waals surface area (Å²) in [6.07, 6.45) is 1.78. The molecule has 1 fully saturated rings. The van der Waals surface area contributed by atoms with Crippen LogP contribution >= 0.6 is 12.2 Å². The number of ether oxygens (including phenoxy) is 1. The van der Waals surface area contributed by atoms with Crippen molar-refractivity contribution in [2.75, 3.05) is 18.1 Å². The highest BCUT2D eigenvalue weighted by atomic mass is 32.1. The monoisotopic (exact) mass is 252 g/mol. The normalized spacial score (nSPS) is 24.7. The molecule has 0 saturated carbocycles. The third kappa shape index (κ3) is 2.53. The van der Waals surface area contributed by atoms with E-state index in [1.165, 1.54) is 0 Å². The predicted octanol–water partition coefficient (Wildman–Crippen LogP) is 0.724. The van der Waals surface area contributed by atoms with E-state index in [1.807, 2.05) is 6.92 Å². The number of hydrogen-bond acceptors (Lipinski definition) is 5. The first-order valence-corrected chi connectivity index (χ1v) is 6.00. The molecule has 0 aliphatic carbocycles. The first-order valence-electron chi connectivity index (χ1n) is 5.59. The maximum atomic E-state index is 5.71. The summed E-state index contributed by atoms with van der Waals surface area (Å²) in [7, 11) is 0. The zero-order valence-corrected chi connectivity index (χ0v) is 10.8. The van der Waals surface area contributed by atoms with Crippen molar-refractivity contribution in [2.45, 2.75) is 26.0 Å². The van der Waals surface area contributed by atoms with E-state index in [-0.39, 0.29) is 12.1 Å². The number of aromatic nitrogens is 2. The summed E-state index contributed by atoms with van der Waals surface area (Å²) in [6.45, 7) is 5.57. The molecule has 1 aliphatic heterocycles. The minimum atomic E-state index is 0.174. The van der Waals surface area contributed by atoms with E-state index in [0.29, 0.717) is 11.6 Å². The van der Waals surface area contributed by atoms with Crippen molar-refractivity contribution in [2.24, 2.45) is 5.73 Å². The third-order valence-electron chi connectivity index (χ3n) is 2.85. The number of hydrogen-bond donors (Lipinski definition) is 1. The SMILES string of the molecule is CC1CN(c2nnccc2C(N)=S)C(C)CO1. The molecule has 1 aromatic rings. The molecule has 1 aromatic heterocycles. The summed E-state index contributed by atoms with van der Waals surface area (Å²) in [5, 5.41) is 8.08. The first-order chi connectivity index (χ1) is 8.09. The van der Waals surface area contributed by atoms with Crippen LogP contribution in [0.15, 0.2) is 12.3 Å². The highest BCUT2D eigenvalue weighted by Crippen LogP contribution is 2.22. The van der Waals surface area contributed by atoms with Gasteiger partial charge in [0.05, 0.1) is 30.5 Å². The molecule has 92 valence electrons. The van der Waals surface area contributed by atoms with E-state index in [0.717, 1.165) is 17.9 Å². The van der Waals surface area contributed by atoms with E-state index in [1.54, 1.807) is 12.3 Å². The molecule has 0 aromatic carbocycles. The molecule has 2 atom stereocenters. The maximum Gasteiger partial charge on any atom is 0.161 e. The Morgan fingerprint density at radius 1 is 1.59 bits per heavy atom. The summed E-state index contributed by atoms with van der Waals surface area (Å²) in [5.74, 6) is 0.752. The van der Waals surface area contributed by atoms with Gasteiger partial charge in [-0.3, -0.25) is 0 Å². The van der Waals surface area contributed by atoms with E-state index < -0.39 is 0 Å². The van der Waals surface area contributed by atoms with Gasteiger partial charge in [0.1, 0.15) is 4.99 Å². The Balaban J connectivity index is 2.35. The minimum Gasteiger partial charge on any atom is -0.389 e. The molecular weight excluding hydrogens is 236 g/mol. The van der Waals surface area contributed by atoms with Crippen molar-refractivity contribution < 1.29 is 4.74 Å². The smallest absolute Gasteiger partial charge is 0.161 e. The van der Waals surface area contributed by atoms with Crippen LogP contribution in [0.25, 0.3) is 0 Å². The van der Waals surface area contributed by atoms with Crippen molar-refractivity contribution in [1.82, 2.24) is 10.2 Å². The molecule has 0 bridgehead atoms. The molecule has 0 amide bonds. The number of nitrogens with two attached hydrogens (primary N) is 1. The molecular formula is C11H16N4OS. The van der Waals surface area contributed by atoms with Gasteiger partial charge in [0.2, 0.25) is 0 Å². The maximum absolute atomic E-state index is 5.71. The van der Waals surface area contributed by atoms with Crippen LogP contribution in [0.4, 0.5) is 5.82 Å². The topological polar surface area (TPSA) is 64.3 Å². The Bertz CT molecular complexity index is 426. The lowest BCUT2D eigenvalue weighted by molar-refractivity contribution is 0.0339. The fraction of sp³-hybridized carbons (Fsp3) is 0.545. The van der Waals surface area contributed by atoms with Gasteiger partial charge in [-0.05, 0) is 19.9 Å². The molecule has 2 unspecified atom stereocenters. The second-order valence-electron chi connectivity index (χ2n) is 4.28. The molecule has 17 heavy (non-hydrogen) atoms. The largest absolute Gasteiger partial charge is 0.389 e. The predicted molar refractivity (Wildman–Crippen MR) is 70.1 cm³/mol. The van der Waals surface area contributed by atoms with E-state index in [4.69, 9.17) is 22.7 Å². The van der Waals surface area contributed by atoms with Crippen LogP contribution in [0.2, 0.25) is 0 Å². The molecule has 1 aliphatic rings. The minimum absolute atomic E-state index is 0.174. The van der Waals surface area contributed by atoms with Gasteiger partial charge < -0.3 is 15.4 Å². The Labute approximate surface area is 106 Å². The van der Waals surface area contributed by atoms with Crippen LogP contribution < -0.4 is 10.6 Å². The van der Waals surface area contributed by atoms with Gasteiger partial charge in [0.15, 0.2) is 5.82 Å². The Hall–Kier alpha value is -1.27. The van der Waals surface area contributed by atoms with Crippen molar-refractivity contribution >= 4 is 23.0 Å². The molecule has 1 saturated heterocycles. The van der Waals surface area contributed by atoms with Gasteiger partial charge in [0.25, 0.3) is 0 Å². The third-order valence-corrected chi connectivity index (χ3v) is 3.07. The lowest BCUT2D eigenvalue weighted by atomic mass is 10.1. The molecule has 6 heteroatoms. The molecule has 2 rings (SSSR count). The lowest BCUT2D eigenvalue weighted by Gasteiger charge is -2.38. The van der Waals surface area contributed by atoms with Gasteiger partial charge in [-0.1, -0.05) is 12.2 Å². The number of morpholine rings is 1. The van der Waals surface area contributed by atoms with Crippen LogP contribution in [0.1, 0.15) is 19.4 Å². The lowest BCUT2D eigenvalue weighted by Crippen LogP contribution is -2.48. The standard InChI is InChI=1S/C11H16N4OS/c1-7-6-16-8(2)5-15(7)11-9(10(12)17)3-4-13-14-11/h3-4,7-8H,5-6H2,1-2H3,(H2,12,17). The van der Waals surface area contributed by atoms with Crippen molar-refractivity contribution in [3.05, 3.63) is 17.8 Å². The molecule has 0 spiro atoms. The van der Waals surface area contributed by atoms with Crippen molar-refractivity contribution in [3.8, 4) is 0 Å². The number of rotatable bonds is 2. The van der Waals surface area contributed by atoms with Gasteiger partial charge in [-0.15, -0.1) is 5.10 Å². The number of nitrogens with zero attached hydrogens (tertiary/aromatic N) is 3. The fourth-order valence-corrected chi connectivity index (χ4v) is 2.09. The van der Waals surface area contributed by atoms with Crippen LogP contribution in [0.5, 0.6) is 0 Å². The second kappa shape index (κ2) is 4.93. The van der Waals surface area contributed by atoms with Crippen LogP contribution in [0.3, 0.4) is 0 Å². The highest BCUT2D eigenvalue weighted by molar-refractivity contribution is 7.80. The van der Waals surface area contributed by atoms with Gasteiger partial charge in [0, 0.05) is 6.54 Å². The number of anilines is 1. The summed E-state index contributed by atoms with van der Waals surface area (Å²) in [6, 6.07) is 2.05. The summed E-state index contributed by atoms with van der Waals surface area (Å²) >= 11 is 5.04. The van der Waals surface area contributed by atoms with Crippen molar-refractivity contribution in [1.29, 1.82) is 0 Å². The average Bonchev–Trinajstić information content (AvgIpc) is 2.32. The van der Waals surface area contributed by atoms with Crippen LogP contribution in [0, 0.1) is 0 Å². The Kier molecular flexibility index (Phi) is 3.54. The second-order valence-corrected chi connectivity index (χ2v) is 4.72. The van der Waals surface area contributed by atoms with Crippen molar-refractivity contribution in [3.63, 3.8) is 0 Å².